The van der Waals surface area contributed by atoms with Crippen molar-refractivity contribution in [2.75, 3.05) is 6.61 Å². The molecule has 0 radical (unpaired) electrons. The predicted molar refractivity (Wildman–Crippen MR) is 63.5 cm³/mol. The minimum Gasteiger partial charge on any atom is -0.361 e. The molecule has 0 saturated heterocycles. The van der Waals surface area contributed by atoms with Crippen LogP contribution in [-0.2, 0) is 4.74 Å². The molecule has 2 rings (SSSR count). The number of benzene rings is 1. The van der Waals surface area contributed by atoms with Gasteiger partial charge in [-0.25, -0.2) is 0 Å². The molecule has 16 heavy (non-hydrogen) atoms. The van der Waals surface area contributed by atoms with Gasteiger partial charge in [0.2, 0.25) is 5.79 Å². The highest BCUT2D eigenvalue weighted by atomic mass is 16.6. The first-order chi connectivity index (χ1) is 7.65. The molecule has 3 nitrogen and oxygen atoms in total. The molecule has 1 aromatic carbocycles. The SMILES string of the molecule is CC[C@@]1(O)OC[C@H](c2ccccc2)N=C1C. The molecule has 1 aliphatic heterocycles. The molecule has 0 unspecified atom stereocenters. The minimum atomic E-state index is -1.16. The van der Waals surface area contributed by atoms with Crippen molar-refractivity contribution in [1.82, 2.24) is 0 Å². The Morgan fingerprint density at radius 2 is 2.12 bits per heavy atom. The summed E-state index contributed by atoms with van der Waals surface area (Å²) >= 11 is 0. The molecule has 0 aromatic heterocycles. The van der Waals surface area contributed by atoms with E-state index in [-0.39, 0.29) is 6.04 Å². The Morgan fingerprint density at radius 1 is 1.44 bits per heavy atom. The van der Waals surface area contributed by atoms with Gasteiger partial charge in [-0.1, -0.05) is 37.3 Å². The van der Waals surface area contributed by atoms with E-state index in [2.05, 4.69) is 4.99 Å². The molecular weight excluding hydrogens is 202 g/mol. The number of nitrogens with zero attached hydrogens (tertiary/aromatic N) is 1. The van der Waals surface area contributed by atoms with Crippen molar-refractivity contribution in [2.45, 2.75) is 32.1 Å². The molecule has 2 atom stereocenters. The molecule has 0 fully saturated rings. The highest BCUT2D eigenvalue weighted by Gasteiger charge is 2.34. The van der Waals surface area contributed by atoms with E-state index >= 15 is 0 Å². The molecule has 86 valence electrons. The van der Waals surface area contributed by atoms with Gasteiger partial charge in [-0.2, -0.15) is 0 Å². The van der Waals surface area contributed by atoms with E-state index in [0.717, 1.165) is 5.56 Å². The van der Waals surface area contributed by atoms with E-state index in [9.17, 15) is 5.11 Å². The van der Waals surface area contributed by atoms with E-state index in [1.807, 2.05) is 44.2 Å². The third kappa shape index (κ3) is 2.01. The van der Waals surface area contributed by atoms with E-state index in [0.29, 0.717) is 18.7 Å². The van der Waals surface area contributed by atoms with Crippen LogP contribution >= 0.6 is 0 Å². The average molecular weight is 219 g/mol. The molecule has 1 aromatic rings. The van der Waals surface area contributed by atoms with Gasteiger partial charge in [0.1, 0.15) is 0 Å². The zero-order valence-corrected chi connectivity index (χ0v) is 9.68. The second-order valence-electron chi connectivity index (χ2n) is 4.09. The first-order valence-corrected chi connectivity index (χ1v) is 5.62. The fourth-order valence-electron chi connectivity index (χ4n) is 1.90. The maximum absolute atomic E-state index is 10.1. The quantitative estimate of drug-likeness (QED) is 0.829. The topological polar surface area (TPSA) is 41.8 Å². The first-order valence-electron chi connectivity index (χ1n) is 5.62. The second-order valence-corrected chi connectivity index (χ2v) is 4.09. The molecule has 1 N–H and O–H groups in total. The largest absolute Gasteiger partial charge is 0.361 e. The Hall–Kier alpha value is -1.19. The first kappa shape index (κ1) is 11.3. The second kappa shape index (κ2) is 4.36. The van der Waals surface area contributed by atoms with Gasteiger partial charge >= 0.3 is 0 Å². The van der Waals surface area contributed by atoms with Crippen molar-refractivity contribution in [3.05, 3.63) is 35.9 Å². The van der Waals surface area contributed by atoms with Crippen LogP contribution in [-0.4, -0.2) is 23.2 Å². The zero-order valence-electron chi connectivity index (χ0n) is 9.68. The van der Waals surface area contributed by atoms with Gasteiger partial charge in [0, 0.05) is 6.42 Å². The Bertz CT molecular complexity index is 388. The van der Waals surface area contributed by atoms with Crippen LogP contribution < -0.4 is 0 Å². The summed E-state index contributed by atoms with van der Waals surface area (Å²) in [5, 5.41) is 10.1. The van der Waals surface area contributed by atoms with Gasteiger partial charge in [-0.3, -0.25) is 4.99 Å². The van der Waals surface area contributed by atoms with Crippen LogP contribution in [0.2, 0.25) is 0 Å². The average Bonchev–Trinajstić information content (AvgIpc) is 2.34. The number of rotatable bonds is 2. The fraction of sp³-hybridized carbons (Fsp3) is 0.462. The number of hydrogen-bond donors (Lipinski definition) is 1. The summed E-state index contributed by atoms with van der Waals surface area (Å²) in [7, 11) is 0. The maximum Gasteiger partial charge on any atom is 0.204 e. The Labute approximate surface area is 95.8 Å². The molecule has 0 amide bonds. The van der Waals surface area contributed by atoms with Crippen LogP contribution in [0, 0.1) is 0 Å². The van der Waals surface area contributed by atoms with Gasteiger partial charge in [0.05, 0.1) is 18.4 Å². The number of aliphatic hydroxyl groups is 1. The van der Waals surface area contributed by atoms with Crippen LogP contribution in [0.1, 0.15) is 31.9 Å². The molecule has 0 aliphatic carbocycles. The standard InChI is InChI=1S/C13H17NO2/c1-3-13(15)10(2)14-12(9-16-13)11-7-5-4-6-8-11/h4-8,12,15H,3,9H2,1-2H3/t12-,13-/m1/s1. The lowest BCUT2D eigenvalue weighted by Gasteiger charge is -2.33. The van der Waals surface area contributed by atoms with Crippen LogP contribution in [0.5, 0.6) is 0 Å². The molecule has 0 bridgehead atoms. The zero-order chi connectivity index (χ0) is 11.6. The van der Waals surface area contributed by atoms with Gasteiger partial charge in [-0.15, -0.1) is 0 Å². The van der Waals surface area contributed by atoms with Crippen LogP contribution in [0.4, 0.5) is 0 Å². The lowest BCUT2D eigenvalue weighted by Crippen LogP contribution is -2.43. The summed E-state index contributed by atoms with van der Waals surface area (Å²) < 4.78 is 5.52. The smallest absolute Gasteiger partial charge is 0.204 e. The Balaban J connectivity index is 2.24. The van der Waals surface area contributed by atoms with E-state index in [1.165, 1.54) is 0 Å². The van der Waals surface area contributed by atoms with Gasteiger partial charge in [0.15, 0.2) is 0 Å². The Morgan fingerprint density at radius 3 is 2.69 bits per heavy atom. The third-order valence-corrected chi connectivity index (χ3v) is 3.06. The van der Waals surface area contributed by atoms with E-state index in [1.54, 1.807) is 0 Å². The highest BCUT2D eigenvalue weighted by molar-refractivity contribution is 5.89. The molecule has 0 spiro atoms. The highest BCUT2D eigenvalue weighted by Crippen LogP contribution is 2.28. The van der Waals surface area contributed by atoms with E-state index in [4.69, 9.17) is 4.74 Å². The lowest BCUT2D eigenvalue weighted by molar-refractivity contribution is -0.162. The van der Waals surface area contributed by atoms with Gasteiger partial charge < -0.3 is 9.84 Å². The fourth-order valence-corrected chi connectivity index (χ4v) is 1.90. The normalized spacial score (nSPS) is 29.9. The van der Waals surface area contributed by atoms with Gasteiger partial charge in [-0.05, 0) is 12.5 Å². The summed E-state index contributed by atoms with van der Waals surface area (Å²) in [4.78, 5) is 4.52. The molecule has 0 saturated carbocycles. The lowest BCUT2D eigenvalue weighted by atomic mass is 10.0. The van der Waals surface area contributed by atoms with Crippen LogP contribution in [0.3, 0.4) is 0 Å². The minimum absolute atomic E-state index is 0.00743. The maximum atomic E-state index is 10.1. The monoisotopic (exact) mass is 219 g/mol. The predicted octanol–water partition coefficient (Wildman–Crippen LogP) is 2.32. The van der Waals surface area contributed by atoms with E-state index < -0.39 is 5.79 Å². The van der Waals surface area contributed by atoms with Crippen molar-refractivity contribution in [3.63, 3.8) is 0 Å². The van der Waals surface area contributed by atoms with Crippen molar-refractivity contribution in [3.8, 4) is 0 Å². The van der Waals surface area contributed by atoms with Gasteiger partial charge in [0.25, 0.3) is 0 Å². The molecule has 1 heterocycles. The van der Waals surface area contributed by atoms with Crippen LogP contribution in [0.25, 0.3) is 0 Å². The van der Waals surface area contributed by atoms with Crippen LogP contribution in [0.15, 0.2) is 35.3 Å². The summed E-state index contributed by atoms with van der Waals surface area (Å²) in [6.07, 6.45) is 0.532. The van der Waals surface area contributed by atoms with Crippen molar-refractivity contribution >= 4 is 5.71 Å². The summed E-state index contributed by atoms with van der Waals surface area (Å²) in [5.41, 5.74) is 1.79. The van der Waals surface area contributed by atoms with Crippen molar-refractivity contribution in [2.24, 2.45) is 4.99 Å². The summed E-state index contributed by atoms with van der Waals surface area (Å²) in [5.74, 6) is -1.16. The molecular formula is C13H17NO2. The molecule has 1 aliphatic rings. The summed E-state index contributed by atoms with van der Waals surface area (Å²) in [6.45, 7) is 4.14. The molecule has 3 heteroatoms. The number of hydrogen-bond acceptors (Lipinski definition) is 3. The van der Waals surface area contributed by atoms with Crippen molar-refractivity contribution < 1.29 is 9.84 Å². The van der Waals surface area contributed by atoms with Crippen molar-refractivity contribution in [1.29, 1.82) is 0 Å². The summed E-state index contributed by atoms with van der Waals surface area (Å²) in [6, 6.07) is 10.0. The Kier molecular flexibility index (Phi) is 3.08. The number of aliphatic imine (C=N–C) groups is 1. The number of ether oxygens (including phenoxy) is 1. The third-order valence-electron chi connectivity index (χ3n) is 3.06.